The van der Waals surface area contributed by atoms with Gasteiger partial charge in [-0.05, 0) is 37.0 Å². The molecule has 0 aliphatic heterocycles. The molecule has 0 aromatic carbocycles. The van der Waals surface area contributed by atoms with Crippen LogP contribution in [-0.2, 0) is 0 Å². The van der Waals surface area contributed by atoms with Crippen LogP contribution < -0.4 is 5.32 Å². The van der Waals surface area contributed by atoms with Crippen molar-refractivity contribution in [2.75, 3.05) is 12.4 Å². The Hall–Kier alpha value is -1.28. The molecule has 1 N–H and O–H groups in total. The number of nitrogens with one attached hydrogen (secondary N) is 1. The first-order valence-electron chi connectivity index (χ1n) is 6.35. The van der Waals surface area contributed by atoms with Gasteiger partial charge in [0.2, 0.25) is 0 Å². The van der Waals surface area contributed by atoms with Gasteiger partial charge in [0.1, 0.15) is 0 Å². The fourth-order valence-corrected chi connectivity index (χ4v) is 3.12. The standard InChI is InChI=1S/C16H23NS/c1-7-9-14(10-8-2)12(4)15-11(3)13(5)18-16(15)17-6/h7,9,17H,1,4,8,10H2,2-3,5-6H3/b14-9+. The van der Waals surface area contributed by atoms with Crippen molar-refractivity contribution in [3.63, 3.8) is 0 Å². The number of allylic oxidation sites excluding steroid dienone is 4. The van der Waals surface area contributed by atoms with E-state index in [2.05, 4.69) is 45.3 Å². The number of aryl methyl sites for hydroxylation is 1. The minimum Gasteiger partial charge on any atom is -0.379 e. The molecule has 0 atom stereocenters. The highest BCUT2D eigenvalue weighted by Crippen LogP contribution is 2.39. The predicted molar refractivity (Wildman–Crippen MR) is 85.6 cm³/mol. The Morgan fingerprint density at radius 1 is 1.39 bits per heavy atom. The van der Waals surface area contributed by atoms with E-state index in [9.17, 15) is 0 Å². The molecule has 18 heavy (non-hydrogen) atoms. The van der Waals surface area contributed by atoms with Crippen molar-refractivity contribution in [3.8, 4) is 0 Å². The van der Waals surface area contributed by atoms with Gasteiger partial charge in [-0.2, -0.15) is 0 Å². The molecule has 98 valence electrons. The second-order valence-electron chi connectivity index (χ2n) is 4.39. The van der Waals surface area contributed by atoms with E-state index in [4.69, 9.17) is 0 Å². The van der Waals surface area contributed by atoms with Gasteiger partial charge in [0.15, 0.2) is 0 Å². The van der Waals surface area contributed by atoms with Crippen LogP contribution in [0.4, 0.5) is 5.00 Å². The Kier molecular flexibility index (Phi) is 5.42. The van der Waals surface area contributed by atoms with Gasteiger partial charge in [-0.15, -0.1) is 11.3 Å². The van der Waals surface area contributed by atoms with Crippen molar-refractivity contribution in [2.24, 2.45) is 0 Å². The Morgan fingerprint density at radius 2 is 2.06 bits per heavy atom. The summed E-state index contributed by atoms with van der Waals surface area (Å²) in [6.45, 7) is 14.6. The molecule has 0 saturated carbocycles. The maximum Gasteiger partial charge on any atom is 0.0965 e. The van der Waals surface area contributed by atoms with Crippen molar-refractivity contribution in [1.82, 2.24) is 0 Å². The van der Waals surface area contributed by atoms with E-state index in [1.807, 2.05) is 13.1 Å². The minimum absolute atomic E-state index is 1.04. The molecule has 0 unspecified atom stereocenters. The molecular formula is C16H23NS. The van der Waals surface area contributed by atoms with E-state index in [-0.39, 0.29) is 0 Å². The van der Waals surface area contributed by atoms with Crippen molar-refractivity contribution in [1.29, 1.82) is 0 Å². The zero-order valence-electron chi connectivity index (χ0n) is 11.9. The molecule has 1 rings (SSSR count). The molecule has 0 bridgehead atoms. The highest BCUT2D eigenvalue weighted by molar-refractivity contribution is 7.16. The summed E-state index contributed by atoms with van der Waals surface area (Å²) in [5.41, 5.74) is 5.01. The number of anilines is 1. The van der Waals surface area contributed by atoms with Crippen molar-refractivity contribution < 1.29 is 0 Å². The monoisotopic (exact) mass is 261 g/mol. The molecule has 0 radical (unpaired) electrons. The maximum absolute atomic E-state index is 4.30. The van der Waals surface area contributed by atoms with Crippen molar-refractivity contribution in [3.05, 3.63) is 46.9 Å². The molecule has 0 spiro atoms. The summed E-state index contributed by atoms with van der Waals surface area (Å²) < 4.78 is 0. The quantitative estimate of drug-likeness (QED) is 0.682. The minimum atomic E-state index is 1.04. The third-order valence-corrected chi connectivity index (χ3v) is 4.36. The summed E-state index contributed by atoms with van der Waals surface area (Å²) in [7, 11) is 1.97. The normalized spacial score (nSPS) is 11.4. The smallest absolute Gasteiger partial charge is 0.0965 e. The molecule has 0 aliphatic carbocycles. The molecule has 1 aromatic heterocycles. The lowest BCUT2D eigenvalue weighted by Gasteiger charge is -2.12. The molecule has 0 amide bonds. The second-order valence-corrected chi connectivity index (χ2v) is 5.62. The van der Waals surface area contributed by atoms with Crippen molar-refractivity contribution >= 4 is 21.9 Å². The van der Waals surface area contributed by atoms with E-state index >= 15 is 0 Å². The lowest BCUT2D eigenvalue weighted by atomic mass is 9.94. The van der Waals surface area contributed by atoms with Crippen molar-refractivity contribution in [2.45, 2.75) is 33.6 Å². The van der Waals surface area contributed by atoms with E-state index in [0.29, 0.717) is 0 Å². The van der Waals surface area contributed by atoms with Crippen LogP contribution in [0.5, 0.6) is 0 Å². The first-order chi connectivity index (χ1) is 8.56. The van der Waals surface area contributed by atoms with Gasteiger partial charge in [-0.1, -0.05) is 38.7 Å². The zero-order valence-corrected chi connectivity index (χ0v) is 12.7. The van der Waals surface area contributed by atoms with Crippen LogP contribution in [0.1, 0.15) is 35.8 Å². The number of hydrogen-bond donors (Lipinski definition) is 1. The molecule has 0 fully saturated rings. The zero-order chi connectivity index (χ0) is 13.7. The largest absolute Gasteiger partial charge is 0.379 e. The summed E-state index contributed by atoms with van der Waals surface area (Å²) in [5, 5.41) is 4.49. The van der Waals surface area contributed by atoms with E-state index in [1.54, 1.807) is 11.3 Å². The van der Waals surface area contributed by atoms with Gasteiger partial charge in [0.05, 0.1) is 5.00 Å². The van der Waals surface area contributed by atoms with Crippen LogP contribution >= 0.6 is 11.3 Å². The Labute approximate surface area is 115 Å². The van der Waals surface area contributed by atoms with Crippen LogP contribution in [-0.4, -0.2) is 7.05 Å². The Bertz CT molecular complexity index is 478. The van der Waals surface area contributed by atoms with Crippen LogP contribution in [0.15, 0.2) is 30.9 Å². The summed E-state index contributed by atoms with van der Waals surface area (Å²) >= 11 is 1.80. The highest BCUT2D eigenvalue weighted by Gasteiger charge is 2.16. The second kappa shape index (κ2) is 6.60. The van der Waals surface area contributed by atoms with Gasteiger partial charge >= 0.3 is 0 Å². The average Bonchev–Trinajstić information content (AvgIpc) is 2.64. The van der Waals surface area contributed by atoms with Gasteiger partial charge in [-0.25, -0.2) is 0 Å². The van der Waals surface area contributed by atoms with Crippen LogP contribution in [0.2, 0.25) is 0 Å². The van der Waals surface area contributed by atoms with Gasteiger partial charge in [-0.3, -0.25) is 0 Å². The summed E-state index contributed by atoms with van der Waals surface area (Å²) in [6.07, 6.45) is 6.10. The van der Waals surface area contributed by atoms with Gasteiger partial charge < -0.3 is 5.32 Å². The van der Waals surface area contributed by atoms with Gasteiger partial charge in [0, 0.05) is 17.5 Å². The Balaban J connectivity index is 3.24. The predicted octanol–water partition coefficient (Wildman–Crippen LogP) is 5.33. The third kappa shape index (κ3) is 2.94. The summed E-state index contributed by atoms with van der Waals surface area (Å²) in [6, 6.07) is 0. The molecule has 1 heterocycles. The molecule has 0 saturated heterocycles. The van der Waals surface area contributed by atoms with Gasteiger partial charge in [0.25, 0.3) is 0 Å². The fourth-order valence-electron chi connectivity index (χ4n) is 2.07. The molecule has 0 aliphatic rings. The van der Waals surface area contributed by atoms with Crippen LogP contribution in [0, 0.1) is 13.8 Å². The first-order valence-corrected chi connectivity index (χ1v) is 7.17. The van der Waals surface area contributed by atoms with Crippen LogP contribution in [0.3, 0.4) is 0 Å². The fraction of sp³-hybridized carbons (Fsp3) is 0.375. The summed E-state index contributed by atoms with van der Waals surface area (Å²) in [4.78, 5) is 1.35. The van der Waals surface area contributed by atoms with E-state index in [1.165, 1.54) is 26.6 Å². The van der Waals surface area contributed by atoms with E-state index < -0.39 is 0 Å². The van der Waals surface area contributed by atoms with E-state index in [0.717, 1.165) is 18.4 Å². The number of thiophene rings is 1. The SMILES string of the molecule is C=C/C=C(\CCC)C(=C)c1c(NC)sc(C)c1C. The molecule has 2 heteroatoms. The molecule has 1 aromatic rings. The third-order valence-electron chi connectivity index (χ3n) is 3.14. The summed E-state index contributed by atoms with van der Waals surface area (Å²) in [5.74, 6) is 0. The number of rotatable bonds is 6. The topological polar surface area (TPSA) is 12.0 Å². The lowest BCUT2D eigenvalue weighted by molar-refractivity contribution is 0.931. The lowest BCUT2D eigenvalue weighted by Crippen LogP contribution is -1.95. The van der Waals surface area contributed by atoms with Crippen LogP contribution in [0.25, 0.3) is 5.57 Å². The first kappa shape index (κ1) is 14.8. The molecular weight excluding hydrogens is 238 g/mol. The molecule has 1 nitrogen and oxygen atoms in total. The number of hydrogen-bond acceptors (Lipinski definition) is 2. The average molecular weight is 261 g/mol. The Morgan fingerprint density at radius 3 is 2.56 bits per heavy atom. The highest BCUT2D eigenvalue weighted by atomic mass is 32.1. The maximum atomic E-state index is 4.30.